The summed E-state index contributed by atoms with van der Waals surface area (Å²) >= 11 is 3.44. The lowest BCUT2D eigenvalue weighted by molar-refractivity contribution is 0.0955. The van der Waals surface area contributed by atoms with Crippen molar-refractivity contribution in [2.75, 3.05) is 0 Å². The van der Waals surface area contributed by atoms with Crippen molar-refractivity contribution < 1.29 is 4.79 Å². The standard InChI is InChI=1S/C22H16BrN3O/c23-17-10-11-20-18(12-17)19(22(27)26-24)13-21(25-20)16-8-6-15(7-9-16)14-4-2-1-3-5-14/h1-13H,24H2,(H,26,27). The number of hydrazine groups is 1. The lowest BCUT2D eigenvalue weighted by Gasteiger charge is -2.10. The molecule has 132 valence electrons. The van der Waals surface area contributed by atoms with Gasteiger partial charge in [-0.3, -0.25) is 10.2 Å². The highest BCUT2D eigenvalue weighted by molar-refractivity contribution is 9.10. The number of aromatic nitrogens is 1. The monoisotopic (exact) mass is 417 g/mol. The highest BCUT2D eigenvalue weighted by Crippen LogP contribution is 2.29. The van der Waals surface area contributed by atoms with E-state index in [2.05, 4.69) is 45.6 Å². The lowest BCUT2D eigenvalue weighted by atomic mass is 10.0. The predicted octanol–water partition coefficient (Wildman–Crippen LogP) is 4.93. The third kappa shape index (κ3) is 3.47. The molecular formula is C22H16BrN3O. The van der Waals surface area contributed by atoms with Crippen LogP contribution in [-0.2, 0) is 0 Å². The highest BCUT2D eigenvalue weighted by atomic mass is 79.9. The van der Waals surface area contributed by atoms with Gasteiger partial charge in [0.2, 0.25) is 0 Å². The molecule has 3 N–H and O–H groups in total. The summed E-state index contributed by atoms with van der Waals surface area (Å²) in [5.74, 6) is 5.03. The first-order valence-electron chi connectivity index (χ1n) is 8.43. The molecule has 0 spiro atoms. The average Bonchev–Trinajstić information content (AvgIpc) is 2.73. The minimum absolute atomic E-state index is 0.345. The molecule has 0 radical (unpaired) electrons. The van der Waals surface area contributed by atoms with Crippen LogP contribution in [0.15, 0.2) is 83.3 Å². The van der Waals surface area contributed by atoms with Crippen LogP contribution < -0.4 is 11.3 Å². The fourth-order valence-corrected chi connectivity index (χ4v) is 3.44. The Morgan fingerprint density at radius 3 is 2.22 bits per heavy atom. The Bertz CT molecular complexity index is 1130. The van der Waals surface area contributed by atoms with Gasteiger partial charge in [-0.15, -0.1) is 0 Å². The van der Waals surface area contributed by atoms with Crippen LogP contribution in [0.5, 0.6) is 0 Å². The molecule has 0 aliphatic carbocycles. The summed E-state index contributed by atoms with van der Waals surface area (Å²) < 4.78 is 0.878. The number of benzene rings is 3. The summed E-state index contributed by atoms with van der Waals surface area (Å²) in [5.41, 5.74) is 7.39. The molecule has 4 rings (SSSR count). The molecule has 4 aromatic rings. The number of nitrogen functional groups attached to an aromatic ring is 1. The van der Waals surface area contributed by atoms with Gasteiger partial charge in [0, 0.05) is 15.4 Å². The summed E-state index contributed by atoms with van der Waals surface area (Å²) in [6.45, 7) is 0. The number of nitrogens with two attached hydrogens (primary N) is 1. The Hall–Kier alpha value is -3.02. The minimum Gasteiger partial charge on any atom is -0.290 e. The molecule has 0 aliphatic rings. The van der Waals surface area contributed by atoms with Gasteiger partial charge in [-0.1, -0.05) is 70.5 Å². The van der Waals surface area contributed by atoms with Crippen LogP contribution in [-0.4, -0.2) is 10.9 Å². The summed E-state index contributed by atoms with van der Waals surface area (Å²) in [4.78, 5) is 17.0. The van der Waals surface area contributed by atoms with Gasteiger partial charge >= 0.3 is 0 Å². The Morgan fingerprint density at radius 1 is 0.852 bits per heavy atom. The van der Waals surface area contributed by atoms with Crippen LogP contribution in [0.4, 0.5) is 0 Å². The predicted molar refractivity (Wildman–Crippen MR) is 112 cm³/mol. The van der Waals surface area contributed by atoms with Gasteiger partial charge in [-0.2, -0.15) is 0 Å². The quantitative estimate of drug-likeness (QED) is 0.282. The molecule has 0 saturated carbocycles. The first kappa shape index (κ1) is 17.4. The van der Waals surface area contributed by atoms with Gasteiger partial charge in [0.15, 0.2) is 0 Å². The Balaban J connectivity index is 1.82. The average molecular weight is 418 g/mol. The van der Waals surface area contributed by atoms with E-state index in [1.54, 1.807) is 6.07 Å². The number of fused-ring (bicyclic) bond motifs is 1. The zero-order valence-corrected chi connectivity index (χ0v) is 15.9. The number of rotatable bonds is 3. The van der Waals surface area contributed by atoms with Crippen molar-refractivity contribution in [3.63, 3.8) is 0 Å². The Kier molecular flexibility index (Phi) is 4.71. The van der Waals surface area contributed by atoms with Gasteiger partial charge in [-0.25, -0.2) is 10.8 Å². The maximum absolute atomic E-state index is 12.3. The van der Waals surface area contributed by atoms with Crippen molar-refractivity contribution in [2.24, 2.45) is 5.84 Å². The van der Waals surface area contributed by atoms with Crippen LogP contribution >= 0.6 is 15.9 Å². The number of nitrogens with zero attached hydrogens (tertiary/aromatic N) is 1. The van der Waals surface area contributed by atoms with Crippen molar-refractivity contribution in [2.45, 2.75) is 0 Å². The molecule has 0 aliphatic heterocycles. The molecule has 0 atom stereocenters. The van der Waals surface area contributed by atoms with E-state index in [-0.39, 0.29) is 5.91 Å². The molecule has 1 heterocycles. The topological polar surface area (TPSA) is 68.0 Å². The normalized spacial score (nSPS) is 10.7. The Morgan fingerprint density at radius 2 is 1.52 bits per heavy atom. The zero-order chi connectivity index (χ0) is 18.8. The number of amides is 1. The summed E-state index contributed by atoms with van der Waals surface area (Å²) in [6.07, 6.45) is 0. The number of hydrogen-bond donors (Lipinski definition) is 2. The second-order valence-electron chi connectivity index (χ2n) is 6.13. The summed E-state index contributed by atoms with van der Waals surface area (Å²) in [5, 5.41) is 0.747. The number of hydrogen-bond acceptors (Lipinski definition) is 3. The number of carbonyl (C=O) groups excluding carboxylic acids is 1. The van der Waals surface area contributed by atoms with Crippen LogP contribution in [0.2, 0.25) is 0 Å². The summed E-state index contributed by atoms with van der Waals surface area (Å²) in [6, 6.07) is 25.8. The van der Waals surface area contributed by atoms with Crippen LogP contribution in [0, 0.1) is 0 Å². The molecular weight excluding hydrogens is 402 g/mol. The molecule has 1 aromatic heterocycles. The van der Waals surface area contributed by atoms with Crippen LogP contribution in [0.25, 0.3) is 33.3 Å². The van der Waals surface area contributed by atoms with Crippen LogP contribution in [0.3, 0.4) is 0 Å². The number of halogens is 1. The van der Waals surface area contributed by atoms with Crippen LogP contribution in [0.1, 0.15) is 10.4 Å². The third-order valence-electron chi connectivity index (χ3n) is 4.43. The molecule has 1 amide bonds. The van der Waals surface area contributed by atoms with Crippen molar-refractivity contribution in [1.29, 1.82) is 0 Å². The van der Waals surface area contributed by atoms with Gasteiger partial charge < -0.3 is 0 Å². The molecule has 5 heteroatoms. The number of pyridine rings is 1. The van der Waals surface area contributed by atoms with Crippen molar-refractivity contribution in [3.8, 4) is 22.4 Å². The maximum atomic E-state index is 12.3. The number of nitrogens with one attached hydrogen (secondary N) is 1. The maximum Gasteiger partial charge on any atom is 0.265 e. The third-order valence-corrected chi connectivity index (χ3v) is 4.93. The van der Waals surface area contributed by atoms with Gasteiger partial charge in [-0.05, 0) is 35.4 Å². The Labute approximate surface area is 165 Å². The molecule has 0 bridgehead atoms. The first-order chi connectivity index (χ1) is 13.2. The van der Waals surface area contributed by atoms with E-state index in [4.69, 9.17) is 10.8 Å². The molecule has 3 aromatic carbocycles. The lowest BCUT2D eigenvalue weighted by Crippen LogP contribution is -2.30. The van der Waals surface area contributed by atoms with Gasteiger partial charge in [0.1, 0.15) is 0 Å². The van der Waals surface area contributed by atoms with Crippen molar-refractivity contribution in [1.82, 2.24) is 10.4 Å². The molecule has 0 saturated heterocycles. The molecule has 4 nitrogen and oxygen atoms in total. The fraction of sp³-hybridized carbons (Fsp3) is 0. The van der Waals surface area contributed by atoms with E-state index in [1.165, 1.54) is 0 Å². The zero-order valence-electron chi connectivity index (χ0n) is 14.3. The smallest absolute Gasteiger partial charge is 0.265 e. The van der Waals surface area contributed by atoms with E-state index in [0.29, 0.717) is 5.56 Å². The van der Waals surface area contributed by atoms with E-state index in [1.807, 2.05) is 48.5 Å². The van der Waals surface area contributed by atoms with E-state index in [0.717, 1.165) is 37.8 Å². The SMILES string of the molecule is NNC(=O)c1cc(-c2ccc(-c3ccccc3)cc2)nc2ccc(Br)cc12. The molecule has 27 heavy (non-hydrogen) atoms. The van der Waals surface area contributed by atoms with E-state index < -0.39 is 0 Å². The van der Waals surface area contributed by atoms with Gasteiger partial charge in [0.05, 0.1) is 16.8 Å². The minimum atomic E-state index is -0.345. The number of carbonyl (C=O) groups is 1. The second kappa shape index (κ2) is 7.31. The van der Waals surface area contributed by atoms with E-state index in [9.17, 15) is 4.79 Å². The highest BCUT2D eigenvalue weighted by Gasteiger charge is 2.13. The largest absolute Gasteiger partial charge is 0.290 e. The van der Waals surface area contributed by atoms with Gasteiger partial charge in [0.25, 0.3) is 5.91 Å². The second-order valence-corrected chi connectivity index (χ2v) is 7.05. The van der Waals surface area contributed by atoms with Crippen molar-refractivity contribution in [3.05, 3.63) is 88.9 Å². The fourth-order valence-electron chi connectivity index (χ4n) is 3.08. The van der Waals surface area contributed by atoms with Crippen molar-refractivity contribution >= 4 is 32.7 Å². The molecule has 0 fully saturated rings. The first-order valence-corrected chi connectivity index (χ1v) is 9.22. The van der Waals surface area contributed by atoms with E-state index >= 15 is 0 Å². The summed E-state index contributed by atoms with van der Waals surface area (Å²) in [7, 11) is 0. The molecule has 0 unspecified atom stereocenters.